The van der Waals surface area contributed by atoms with Gasteiger partial charge in [0.05, 0.1) is 12.7 Å². The van der Waals surface area contributed by atoms with E-state index in [0.717, 1.165) is 0 Å². The number of hydrogen-bond donors (Lipinski definition) is 1. The number of ether oxygens (including phenoxy) is 1. The van der Waals surface area contributed by atoms with Gasteiger partial charge >= 0.3 is 5.97 Å². The van der Waals surface area contributed by atoms with Gasteiger partial charge in [-0.15, -0.1) is 0 Å². The molecule has 0 aromatic heterocycles. The second kappa shape index (κ2) is 5.29. The third-order valence-electron chi connectivity index (χ3n) is 1.90. The van der Waals surface area contributed by atoms with Crippen molar-refractivity contribution in [2.45, 2.75) is 5.75 Å². The number of carbonyl (C=O) groups is 1. The monoisotopic (exact) mass is 262 g/mol. The van der Waals surface area contributed by atoms with E-state index in [2.05, 4.69) is 4.74 Å². The fourth-order valence-corrected chi connectivity index (χ4v) is 1.97. The van der Waals surface area contributed by atoms with Crippen molar-refractivity contribution in [1.29, 1.82) is 0 Å². The molecular formula is C9H9ClNO4S-. The maximum Gasteiger partial charge on any atom is 0.339 e. The molecular weight excluding hydrogens is 254 g/mol. The van der Waals surface area contributed by atoms with E-state index in [1.165, 1.54) is 19.2 Å². The summed E-state index contributed by atoms with van der Waals surface area (Å²) in [6.45, 7) is 0. The normalized spacial score (nSPS) is 12.2. The Kier molecular flexibility index (Phi) is 4.28. The van der Waals surface area contributed by atoms with E-state index in [-0.39, 0.29) is 22.0 Å². The van der Waals surface area contributed by atoms with Crippen LogP contribution in [0.4, 0.5) is 5.69 Å². The van der Waals surface area contributed by atoms with Gasteiger partial charge in [0.1, 0.15) is 0 Å². The minimum Gasteiger partial charge on any atom is -0.772 e. The summed E-state index contributed by atoms with van der Waals surface area (Å²) in [7, 11) is 1.21. The zero-order chi connectivity index (χ0) is 12.3. The van der Waals surface area contributed by atoms with E-state index in [0.29, 0.717) is 5.56 Å². The Morgan fingerprint density at radius 3 is 2.75 bits per heavy atom. The molecule has 1 rings (SSSR count). The zero-order valence-electron chi connectivity index (χ0n) is 8.36. The van der Waals surface area contributed by atoms with Crippen LogP contribution in [0, 0.1) is 0 Å². The van der Waals surface area contributed by atoms with Gasteiger partial charge in [-0.2, -0.15) is 0 Å². The number of rotatable bonds is 3. The molecule has 0 spiro atoms. The highest BCUT2D eigenvalue weighted by Crippen LogP contribution is 2.24. The summed E-state index contributed by atoms with van der Waals surface area (Å²) in [6.07, 6.45) is 0. The number of nitrogen functional groups attached to an aromatic ring is 1. The molecule has 5 nitrogen and oxygen atoms in total. The summed E-state index contributed by atoms with van der Waals surface area (Å²) < 4.78 is 25.6. The Labute approximate surface area is 99.8 Å². The molecule has 88 valence electrons. The van der Waals surface area contributed by atoms with Crippen LogP contribution >= 0.6 is 11.6 Å². The quantitative estimate of drug-likeness (QED) is 0.500. The molecule has 0 aliphatic heterocycles. The average Bonchev–Trinajstić information content (AvgIpc) is 2.20. The van der Waals surface area contributed by atoms with Crippen molar-refractivity contribution in [3.63, 3.8) is 0 Å². The highest BCUT2D eigenvalue weighted by Gasteiger charge is 2.13. The summed E-state index contributed by atoms with van der Waals surface area (Å²) in [5.74, 6) is -0.907. The molecule has 0 amide bonds. The van der Waals surface area contributed by atoms with Crippen LogP contribution in [-0.2, 0) is 21.6 Å². The van der Waals surface area contributed by atoms with Gasteiger partial charge in [-0.05, 0) is 17.7 Å². The molecule has 0 saturated heterocycles. The summed E-state index contributed by atoms with van der Waals surface area (Å²) in [5, 5.41) is 0.203. The third kappa shape index (κ3) is 2.94. The fraction of sp³-hybridized carbons (Fsp3) is 0.222. The standard InChI is InChI=1S/C9H10ClNO4S/c1-15-9(12)6-2-5(4-16(13)14)7(10)3-8(6)11/h2-3H,4,11H2,1H3,(H,13,14)/p-1. The van der Waals surface area contributed by atoms with Crippen LogP contribution in [0.25, 0.3) is 0 Å². The van der Waals surface area contributed by atoms with Gasteiger partial charge in [0.25, 0.3) is 0 Å². The van der Waals surface area contributed by atoms with Gasteiger partial charge < -0.3 is 15.0 Å². The van der Waals surface area contributed by atoms with E-state index in [4.69, 9.17) is 17.3 Å². The molecule has 1 unspecified atom stereocenters. The Morgan fingerprint density at radius 1 is 1.62 bits per heavy atom. The van der Waals surface area contributed by atoms with Crippen molar-refractivity contribution in [2.75, 3.05) is 12.8 Å². The maximum atomic E-state index is 11.3. The topological polar surface area (TPSA) is 92.5 Å². The van der Waals surface area contributed by atoms with Crippen LogP contribution in [-0.4, -0.2) is 21.8 Å². The zero-order valence-corrected chi connectivity index (χ0v) is 9.93. The number of benzene rings is 1. The second-order valence-electron chi connectivity index (χ2n) is 2.97. The van der Waals surface area contributed by atoms with Crippen LogP contribution in [0.3, 0.4) is 0 Å². The lowest BCUT2D eigenvalue weighted by Gasteiger charge is -2.10. The molecule has 16 heavy (non-hydrogen) atoms. The molecule has 0 saturated carbocycles. The number of anilines is 1. The molecule has 2 N–H and O–H groups in total. The molecule has 0 radical (unpaired) electrons. The van der Waals surface area contributed by atoms with Gasteiger partial charge in [0.2, 0.25) is 0 Å². The number of carbonyl (C=O) groups excluding carboxylic acids is 1. The molecule has 0 aliphatic rings. The first-order chi connectivity index (χ1) is 7.45. The van der Waals surface area contributed by atoms with E-state index in [1.807, 2.05) is 0 Å². The number of methoxy groups -OCH3 is 1. The summed E-state index contributed by atoms with van der Waals surface area (Å²) >= 11 is 3.50. The number of hydrogen-bond acceptors (Lipinski definition) is 5. The van der Waals surface area contributed by atoms with E-state index >= 15 is 0 Å². The maximum absolute atomic E-state index is 11.3. The molecule has 1 aromatic carbocycles. The van der Waals surface area contributed by atoms with E-state index < -0.39 is 17.0 Å². The van der Waals surface area contributed by atoms with Crippen LogP contribution < -0.4 is 5.73 Å². The summed E-state index contributed by atoms with van der Waals surface area (Å²) in [4.78, 5) is 11.3. The minimum atomic E-state index is -2.28. The van der Waals surface area contributed by atoms with Crippen LogP contribution in [0.1, 0.15) is 15.9 Å². The molecule has 0 aliphatic carbocycles. The van der Waals surface area contributed by atoms with Gasteiger partial charge in [0.15, 0.2) is 0 Å². The SMILES string of the molecule is COC(=O)c1cc(CS(=O)[O-])c(Cl)cc1N. The first-order valence-corrected chi connectivity index (χ1v) is 5.80. The van der Waals surface area contributed by atoms with Crippen molar-refractivity contribution in [3.05, 3.63) is 28.3 Å². The summed E-state index contributed by atoms with van der Waals surface area (Å²) in [5.41, 5.74) is 6.12. The minimum absolute atomic E-state index is 0.104. The lowest BCUT2D eigenvalue weighted by molar-refractivity contribution is 0.0602. The number of halogens is 1. The lowest BCUT2D eigenvalue weighted by atomic mass is 10.1. The van der Waals surface area contributed by atoms with Crippen LogP contribution in [0.15, 0.2) is 12.1 Å². The number of nitrogens with two attached hydrogens (primary N) is 1. The molecule has 0 heterocycles. The van der Waals surface area contributed by atoms with E-state index in [9.17, 15) is 13.6 Å². The van der Waals surface area contributed by atoms with Crippen LogP contribution in [0.5, 0.6) is 0 Å². The fourth-order valence-electron chi connectivity index (χ4n) is 1.16. The Bertz CT molecular complexity index is 449. The van der Waals surface area contributed by atoms with Crippen LogP contribution in [0.2, 0.25) is 5.02 Å². The van der Waals surface area contributed by atoms with Gasteiger partial charge in [-0.1, -0.05) is 22.7 Å². The van der Waals surface area contributed by atoms with Gasteiger partial charge in [0, 0.05) is 16.5 Å². The van der Waals surface area contributed by atoms with E-state index in [1.54, 1.807) is 0 Å². The Hall–Kier alpha value is -1.11. The highest BCUT2D eigenvalue weighted by atomic mass is 35.5. The average molecular weight is 263 g/mol. The first kappa shape index (κ1) is 13.0. The molecule has 1 atom stereocenters. The highest BCUT2D eigenvalue weighted by molar-refractivity contribution is 7.78. The summed E-state index contributed by atoms with van der Waals surface area (Å²) in [6, 6.07) is 2.65. The third-order valence-corrected chi connectivity index (χ3v) is 2.80. The van der Waals surface area contributed by atoms with Gasteiger partial charge in [-0.3, -0.25) is 4.21 Å². The lowest BCUT2D eigenvalue weighted by Crippen LogP contribution is -2.07. The predicted octanol–water partition coefficient (Wildman–Crippen LogP) is 1.09. The molecule has 0 bridgehead atoms. The number of esters is 1. The van der Waals surface area contributed by atoms with Crippen molar-refractivity contribution in [1.82, 2.24) is 0 Å². The van der Waals surface area contributed by atoms with Crippen molar-refractivity contribution < 1.29 is 18.3 Å². The van der Waals surface area contributed by atoms with Crippen molar-refractivity contribution >= 4 is 34.3 Å². The molecule has 7 heteroatoms. The predicted molar refractivity (Wildman–Crippen MR) is 59.8 cm³/mol. The Balaban J connectivity index is 3.21. The first-order valence-electron chi connectivity index (χ1n) is 4.17. The largest absolute Gasteiger partial charge is 0.772 e. The van der Waals surface area contributed by atoms with Crippen molar-refractivity contribution in [3.8, 4) is 0 Å². The second-order valence-corrected chi connectivity index (χ2v) is 4.27. The smallest absolute Gasteiger partial charge is 0.339 e. The van der Waals surface area contributed by atoms with Gasteiger partial charge in [-0.25, -0.2) is 4.79 Å². The molecule has 0 fully saturated rings. The Morgan fingerprint density at radius 2 is 2.25 bits per heavy atom. The van der Waals surface area contributed by atoms with Crippen molar-refractivity contribution in [2.24, 2.45) is 0 Å². The molecule has 1 aromatic rings.